The Labute approximate surface area is 249 Å². The van der Waals surface area contributed by atoms with Gasteiger partial charge in [0.25, 0.3) is 11.8 Å². The third-order valence-electron chi connectivity index (χ3n) is 8.65. The van der Waals surface area contributed by atoms with Crippen molar-refractivity contribution in [3.63, 3.8) is 0 Å². The Balaban J connectivity index is 1.20. The Bertz CT molecular complexity index is 1200. The smallest absolute Gasteiger partial charge is 0.260 e. The van der Waals surface area contributed by atoms with Crippen LogP contribution < -0.4 is 5.32 Å². The number of fused-ring (bicyclic) bond motifs is 1. The third kappa shape index (κ3) is 7.55. The van der Waals surface area contributed by atoms with Gasteiger partial charge in [0.2, 0.25) is 0 Å². The summed E-state index contributed by atoms with van der Waals surface area (Å²) in [5.74, 6) is 1.24. The fourth-order valence-corrected chi connectivity index (χ4v) is 9.04. The number of rotatable bonds is 9. The average molecular weight is 577 g/mol. The molecular formula is C34H44N2O2S2. The maximum Gasteiger partial charge on any atom is 0.260 e. The van der Waals surface area contributed by atoms with Crippen LogP contribution in [0, 0.1) is 13.8 Å². The first-order chi connectivity index (χ1) is 19.5. The van der Waals surface area contributed by atoms with E-state index in [9.17, 15) is 9.59 Å². The van der Waals surface area contributed by atoms with Gasteiger partial charge < -0.3 is 10.2 Å². The lowest BCUT2D eigenvalue weighted by atomic mass is 9.92. The van der Waals surface area contributed by atoms with Gasteiger partial charge in [-0.15, -0.1) is 11.8 Å². The zero-order chi connectivity index (χ0) is 27.9. The van der Waals surface area contributed by atoms with E-state index in [4.69, 9.17) is 0 Å². The van der Waals surface area contributed by atoms with Crippen LogP contribution in [0.3, 0.4) is 0 Å². The first-order valence-electron chi connectivity index (χ1n) is 15.2. The molecule has 3 fully saturated rings. The summed E-state index contributed by atoms with van der Waals surface area (Å²) < 4.78 is 0. The summed E-state index contributed by atoms with van der Waals surface area (Å²) in [6.45, 7) is 5.64. The molecule has 0 spiro atoms. The van der Waals surface area contributed by atoms with Gasteiger partial charge in [0.05, 0.1) is 4.91 Å². The van der Waals surface area contributed by atoms with Crippen LogP contribution in [-0.4, -0.2) is 45.6 Å². The van der Waals surface area contributed by atoms with E-state index in [-0.39, 0.29) is 11.8 Å². The van der Waals surface area contributed by atoms with Crippen LogP contribution in [0.5, 0.6) is 0 Å². The molecule has 1 N–H and O–H groups in total. The number of benzene rings is 2. The molecule has 2 amide bonds. The quantitative estimate of drug-likeness (QED) is 0.243. The SMILES string of the molecule is Cc1ccc(C)c(CN2C(=O)/C(=C/c3ccc(C(=O)NCCCSC4CCCCC4)cc3)SC3CCCCC32)c1. The molecule has 214 valence electrons. The van der Waals surface area contributed by atoms with Gasteiger partial charge in [-0.25, -0.2) is 0 Å². The van der Waals surface area contributed by atoms with Gasteiger partial charge >= 0.3 is 0 Å². The predicted octanol–water partition coefficient (Wildman–Crippen LogP) is 7.92. The van der Waals surface area contributed by atoms with Gasteiger partial charge in [-0.2, -0.15) is 11.8 Å². The molecule has 4 nitrogen and oxygen atoms in total. The second-order valence-corrected chi connectivity index (χ2v) is 14.4. The Kier molecular flexibility index (Phi) is 10.4. The van der Waals surface area contributed by atoms with Gasteiger partial charge in [-0.05, 0) is 86.6 Å². The lowest BCUT2D eigenvalue weighted by Crippen LogP contribution is -2.50. The van der Waals surface area contributed by atoms with Crippen LogP contribution in [0.25, 0.3) is 6.08 Å². The van der Waals surface area contributed by atoms with Crippen molar-refractivity contribution in [1.82, 2.24) is 10.2 Å². The number of hydrogen-bond donors (Lipinski definition) is 1. The van der Waals surface area contributed by atoms with Crippen molar-refractivity contribution >= 4 is 41.4 Å². The zero-order valence-electron chi connectivity index (χ0n) is 24.1. The Morgan fingerprint density at radius 2 is 1.75 bits per heavy atom. The summed E-state index contributed by atoms with van der Waals surface area (Å²) in [6, 6.07) is 14.5. The highest BCUT2D eigenvalue weighted by atomic mass is 32.2. The lowest BCUT2D eigenvalue weighted by Gasteiger charge is -2.44. The summed E-state index contributed by atoms with van der Waals surface area (Å²) in [7, 11) is 0. The van der Waals surface area contributed by atoms with Gasteiger partial charge in [-0.3, -0.25) is 9.59 Å². The van der Waals surface area contributed by atoms with E-state index in [2.05, 4.69) is 54.0 Å². The largest absolute Gasteiger partial charge is 0.352 e. The highest BCUT2D eigenvalue weighted by Crippen LogP contribution is 2.43. The minimum atomic E-state index is -0.0188. The van der Waals surface area contributed by atoms with Crippen molar-refractivity contribution < 1.29 is 9.59 Å². The number of aryl methyl sites for hydroxylation is 2. The minimum Gasteiger partial charge on any atom is -0.352 e. The van der Waals surface area contributed by atoms with E-state index in [1.165, 1.54) is 61.6 Å². The molecular weight excluding hydrogens is 533 g/mol. The predicted molar refractivity (Wildman–Crippen MR) is 171 cm³/mol. The molecule has 5 rings (SSSR count). The van der Waals surface area contributed by atoms with Crippen LogP contribution in [0.2, 0.25) is 0 Å². The maximum atomic E-state index is 13.8. The second kappa shape index (κ2) is 14.1. The molecule has 2 atom stereocenters. The van der Waals surface area contributed by atoms with Crippen LogP contribution in [0.1, 0.15) is 96.8 Å². The Hall–Kier alpha value is -2.18. The van der Waals surface area contributed by atoms with Gasteiger partial charge in [0.1, 0.15) is 0 Å². The molecule has 1 aliphatic heterocycles. The summed E-state index contributed by atoms with van der Waals surface area (Å²) >= 11 is 3.85. The van der Waals surface area contributed by atoms with E-state index < -0.39 is 0 Å². The maximum absolute atomic E-state index is 13.8. The zero-order valence-corrected chi connectivity index (χ0v) is 25.8. The molecule has 40 heavy (non-hydrogen) atoms. The molecule has 2 aromatic rings. The van der Waals surface area contributed by atoms with Crippen molar-refractivity contribution in [1.29, 1.82) is 0 Å². The van der Waals surface area contributed by atoms with Crippen LogP contribution in [0.4, 0.5) is 0 Å². The number of hydrogen-bond acceptors (Lipinski definition) is 4. The van der Waals surface area contributed by atoms with Crippen molar-refractivity contribution in [3.05, 3.63) is 75.2 Å². The fourth-order valence-electron chi connectivity index (χ4n) is 6.26. The van der Waals surface area contributed by atoms with E-state index in [1.807, 2.05) is 30.3 Å². The number of nitrogens with zero attached hydrogens (tertiary/aromatic N) is 1. The van der Waals surface area contributed by atoms with E-state index >= 15 is 0 Å². The molecule has 1 heterocycles. The normalized spacial score (nSPS) is 22.8. The summed E-state index contributed by atoms with van der Waals surface area (Å²) in [6.07, 6.45) is 14.6. The minimum absolute atomic E-state index is 0.0188. The van der Waals surface area contributed by atoms with Gasteiger partial charge in [-0.1, -0.05) is 68.0 Å². The molecule has 0 radical (unpaired) electrons. The molecule has 6 heteroatoms. The summed E-state index contributed by atoms with van der Waals surface area (Å²) in [5.41, 5.74) is 5.36. The third-order valence-corrected chi connectivity index (χ3v) is 11.5. The highest BCUT2D eigenvalue weighted by molar-refractivity contribution is 8.04. The molecule has 2 aliphatic carbocycles. The first kappa shape index (κ1) is 29.3. The topological polar surface area (TPSA) is 49.4 Å². The highest BCUT2D eigenvalue weighted by Gasteiger charge is 2.40. The van der Waals surface area contributed by atoms with E-state index in [0.29, 0.717) is 29.9 Å². The first-order valence-corrected chi connectivity index (χ1v) is 17.2. The molecule has 1 saturated heterocycles. The molecule has 2 saturated carbocycles. The van der Waals surface area contributed by atoms with Crippen molar-refractivity contribution in [2.24, 2.45) is 0 Å². The van der Waals surface area contributed by atoms with Crippen LogP contribution in [0.15, 0.2) is 47.4 Å². The molecule has 0 bridgehead atoms. The average Bonchev–Trinajstić information content (AvgIpc) is 2.97. The molecule has 2 aromatic carbocycles. The lowest BCUT2D eigenvalue weighted by molar-refractivity contribution is -0.130. The molecule has 3 aliphatic rings. The molecule has 0 aromatic heterocycles. The van der Waals surface area contributed by atoms with E-state index in [0.717, 1.165) is 40.7 Å². The monoisotopic (exact) mass is 576 g/mol. The number of nitrogens with one attached hydrogen (secondary N) is 1. The van der Waals surface area contributed by atoms with Crippen molar-refractivity contribution in [2.45, 2.75) is 101 Å². The second-order valence-electron chi connectivity index (χ2n) is 11.7. The van der Waals surface area contributed by atoms with Crippen molar-refractivity contribution in [2.75, 3.05) is 12.3 Å². The van der Waals surface area contributed by atoms with Crippen LogP contribution >= 0.6 is 23.5 Å². The fraction of sp³-hybridized carbons (Fsp3) is 0.529. The van der Waals surface area contributed by atoms with Crippen molar-refractivity contribution in [3.8, 4) is 0 Å². The van der Waals surface area contributed by atoms with Gasteiger partial charge in [0, 0.05) is 35.2 Å². The van der Waals surface area contributed by atoms with Gasteiger partial charge in [0.15, 0.2) is 0 Å². The number of carbonyl (C=O) groups is 2. The standard InChI is InChI=1S/C34H44N2O2S2/c1-24-13-14-25(2)28(21-24)23-36-30-11-6-7-12-31(30)40-32(34(36)38)22-26-15-17-27(18-16-26)33(37)35-19-8-20-39-29-9-4-3-5-10-29/h13-18,21-22,29-31H,3-12,19-20,23H2,1-2H3,(H,35,37)/b32-22-. The number of amides is 2. The number of carbonyl (C=O) groups excluding carboxylic acids is 2. The summed E-state index contributed by atoms with van der Waals surface area (Å²) in [4.78, 5) is 29.5. The van der Waals surface area contributed by atoms with E-state index in [1.54, 1.807) is 11.8 Å². The summed E-state index contributed by atoms with van der Waals surface area (Å²) in [5, 5.41) is 4.35. The molecule has 2 unspecified atom stereocenters. The number of thioether (sulfide) groups is 2. The Morgan fingerprint density at radius 3 is 2.55 bits per heavy atom. The van der Waals surface area contributed by atoms with Crippen LogP contribution in [-0.2, 0) is 11.3 Å². The Morgan fingerprint density at radius 1 is 1.00 bits per heavy atom.